The number of halogens is 1. The standard InChI is InChI=1S/C25H29ClN4O2S/c1-16-11-12-20(26)14-22(16)30-23(17(2)27-24(31)19-8-4-5-9-19)28-29-25(30)33-15-18-7-6-10-21(13-18)32-3/h6-7,10-14,17,19H,4-5,8-9,15H2,1-3H3,(H,27,31). The van der Waals surface area contributed by atoms with Crippen molar-refractivity contribution in [1.29, 1.82) is 0 Å². The SMILES string of the molecule is COc1cccc(CSc2nnc(C(C)NC(=O)C3CCCC3)n2-c2cc(Cl)ccc2C)c1. The van der Waals surface area contributed by atoms with Gasteiger partial charge in [-0.3, -0.25) is 9.36 Å². The van der Waals surface area contributed by atoms with Gasteiger partial charge in [-0.2, -0.15) is 0 Å². The van der Waals surface area contributed by atoms with Crippen molar-refractivity contribution in [3.8, 4) is 11.4 Å². The highest BCUT2D eigenvalue weighted by Gasteiger charge is 2.27. The Morgan fingerprint density at radius 1 is 1.24 bits per heavy atom. The molecule has 4 rings (SSSR count). The summed E-state index contributed by atoms with van der Waals surface area (Å²) < 4.78 is 7.37. The van der Waals surface area contributed by atoms with Crippen molar-refractivity contribution in [2.75, 3.05) is 7.11 Å². The van der Waals surface area contributed by atoms with E-state index in [1.54, 1.807) is 18.9 Å². The third-order valence-electron chi connectivity index (χ3n) is 6.04. The number of ether oxygens (including phenoxy) is 1. The van der Waals surface area contributed by atoms with Crippen LogP contribution in [0.5, 0.6) is 5.75 Å². The number of amides is 1. The third-order valence-corrected chi connectivity index (χ3v) is 7.28. The number of nitrogens with zero attached hydrogens (tertiary/aromatic N) is 3. The van der Waals surface area contributed by atoms with Gasteiger partial charge in [0, 0.05) is 16.7 Å². The highest BCUT2D eigenvalue weighted by atomic mass is 35.5. The molecule has 1 unspecified atom stereocenters. The monoisotopic (exact) mass is 484 g/mol. The molecule has 33 heavy (non-hydrogen) atoms. The first-order valence-corrected chi connectivity index (χ1v) is 12.6. The van der Waals surface area contributed by atoms with Gasteiger partial charge in [0.2, 0.25) is 5.91 Å². The van der Waals surface area contributed by atoms with Crippen LogP contribution in [0.1, 0.15) is 55.6 Å². The molecular weight excluding hydrogens is 456 g/mol. The summed E-state index contributed by atoms with van der Waals surface area (Å²) in [6.07, 6.45) is 4.16. The van der Waals surface area contributed by atoms with Gasteiger partial charge in [0.1, 0.15) is 5.75 Å². The Morgan fingerprint density at radius 3 is 2.79 bits per heavy atom. The maximum absolute atomic E-state index is 12.8. The minimum atomic E-state index is -0.282. The number of hydrogen-bond donors (Lipinski definition) is 1. The molecule has 174 valence electrons. The minimum absolute atomic E-state index is 0.0960. The summed E-state index contributed by atoms with van der Waals surface area (Å²) in [5.41, 5.74) is 3.09. The summed E-state index contributed by atoms with van der Waals surface area (Å²) >= 11 is 7.94. The number of benzene rings is 2. The second kappa shape index (κ2) is 10.6. The second-order valence-electron chi connectivity index (χ2n) is 8.46. The molecule has 1 atom stereocenters. The molecule has 3 aromatic rings. The van der Waals surface area contributed by atoms with Crippen molar-refractivity contribution in [2.45, 2.75) is 56.5 Å². The van der Waals surface area contributed by atoms with E-state index in [1.165, 1.54) is 0 Å². The normalized spacial score (nSPS) is 14.9. The molecule has 1 aliphatic rings. The smallest absolute Gasteiger partial charge is 0.223 e. The van der Waals surface area contributed by atoms with Gasteiger partial charge in [-0.15, -0.1) is 10.2 Å². The van der Waals surface area contributed by atoms with Crippen LogP contribution in [0.3, 0.4) is 0 Å². The van der Waals surface area contributed by atoms with Crippen molar-refractivity contribution < 1.29 is 9.53 Å². The number of nitrogens with one attached hydrogen (secondary N) is 1. The lowest BCUT2D eigenvalue weighted by Crippen LogP contribution is -2.33. The Morgan fingerprint density at radius 2 is 2.03 bits per heavy atom. The number of aryl methyl sites for hydroxylation is 1. The molecule has 8 heteroatoms. The first-order chi connectivity index (χ1) is 16.0. The molecule has 1 saturated carbocycles. The van der Waals surface area contributed by atoms with Gasteiger partial charge in [0.25, 0.3) is 0 Å². The fraction of sp³-hybridized carbons (Fsp3) is 0.400. The van der Waals surface area contributed by atoms with Crippen LogP contribution in [0, 0.1) is 12.8 Å². The summed E-state index contributed by atoms with van der Waals surface area (Å²) in [6, 6.07) is 13.5. The molecule has 0 spiro atoms. The van der Waals surface area contributed by atoms with Gasteiger partial charge < -0.3 is 10.1 Å². The molecular formula is C25H29ClN4O2S. The Balaban J connectivity index is 1.64. The lowest BCUT2D eigenvalue weighted by Gasteiger charge is -2.19. The van der Waals surface area contributed by atoms with Crippen molar-refractivity contribution >= 4 is 29.3 Å². The van der Waals surface area contributed by atoms with Gasteiger partial charge in [-0.25, -0.2) is 0 Å². The van der Waals surface area contributed by atoms with Crippen LogP contribution in [0.15, 0.2) is 47.6 Å². The van der Waals surface area contributed by atoms with Gasteiger partial charge in [-0.1, -0.05) is 54.4 Å². The van der Waals surface area contributed by atoms with Gasteiger partial charge >= 0.3 is 0 Å². The molecule has 0 aliphatic heterocycles. The minimum Gasteiger partial charge on any atom is -0.497 e. The van der Waals surface area contributed by atoms with Gasteiger partial charge in [0.15, 0.2) is 11.0 Å². The van der Waals surface area contributed by atoms with Crippen LogP contribution in [0.4, 0.5) is 0 Å². The van der Waals surface area contributed by atoms with Crippen LogP contribution < -0.4 is 10.1 Å². The lowest BCUT2D eigenvalue weighted by atomic mass is 10.1. The van der Waals surface area contributed by atoms with Crippen molar-refractivity contribution in [1.82, 2.24) is 20.1 Å². The molecule has 0 bridgehead atoms. The van der Waals surface area contributed by atoms with Crippen molar-refractivity contribution in [3.05, 3.63) is 64.4 Å². The maximum atomic E-state index is 12.8. The molecule has 6 nitrogen and oxygen atoms in total. The molecule has 0 radical (unpaired) electrons. The summed E-state index contributed by atoms with van der Waals surface area (Å²) in [5, 5.41) is 13.5. The van der Waals surface area contributed by atoms with E-state index >= 15 is 0 Å². The quantitative estimate of drug-likeness (QED) is 0.403. The van der Waals surface area contributed by atoms with E-state index in [-0.39, 0.29) is 17.9 Å². The molecule has 2 aromatic carbocycles. The molecule has 1 aliphatic carbocycles. The molecule has 1 heterocycles. The Labute approximate surface area is 204 Å². The topological polar surface area (TPSA) is 69.0 Å². The Hall–Kier alpha value is -2.51. The van der Waals surface area contributed by atoms with E-state index in [1.807, 2.05) is 54.8 Å². The molecule has 1 aromatic heterocycles. The first kappa shape index (κ1) is 23.6. The molecule has 1 fully saturated rings. The molecule has 1 N–H and O–H groups in total. The lowest BCUT2D eigenvalue weighted by molar-refractivity contribution is -0.125. The molecule has 0 saturated heterocycles. The Kier molecular flexibility index (Phi) is 7.60. The van der Waals surface area contributed by atoms with E-state index in [0.29, 0.717) is 16.6 Å². The highest BCUT2D eigenvalue weighted by Crippen LogP contribution is 2.31. The zero-order valence-corrected chi connectivity index (χ0v) is 20.7. The van der Waals surface area contributed by atoms with E-state index in [9.17, 15) is 4.79 Å². The predicted molar refractivity (Wildman–Crippen MR) is 132 cm³/mol. The number of carbonyl (C=O) groups excluding carboxylic acids is 1. The maximum Gasteiger partial charge on any atom is 0.223 e. The van der Waals surface area contributed by atoms with Crippen LogP contribution in [-0.2, 0) is 10.5 Å². The number of aromatic nitrogens is 3. The van der Waals surface area contributed by atoms with Crippen molar-refractivity contribution in [2.24, 2.45) is 5.92 Å². The summed E-state index contributed by atoms with van der Waals surface area (Å²) in [4.78, 5) is 12.8. The zero-order chi connectivity index (χ0) is 23.4. The van der Waals surface area contributed by atoms with E-state index in [4.69, 9.17) is 16.3 Å². The summed E-state index contributed by atoms with van der Waals surface area (Å²) in [5.74, 6) is 2.42. The van der Waals surface area contributed by atoms with Gasteiger partial charge in [-0.05, 0) is 62.1 Å². The van der Waals surface area contributed by atoms with Crippen LogP contribution >= 0.6 is 23.4 Å². The zero-order valence-electron chi connectivity index (χ0n) is 19.2. The summed E-state index contributed by atoms with van der Waals surface area (Å²) in [6.45, 7) is 4.00. The highest BCUT2D eigenvalue weighted by molar-refractivity contribution is 7.98. The second-order valence-corrected chi connectivity index (χ2v) is 9.84. The van der Waals surface area contributed by atoms with E-state index < -0.39 is 0 Å². The predicted octanol–water partition coefficient (Wildman–Crippen LogP) is 5.90. The van der Waals surface area contributed by atoms with E-state index in [0.717, 1.165) is 53.4 Å². The fourth-order valence-electron chi connectivity index (χ4n) is 4.20. The summed E-state index contributed by atoms with van der Waals surface area (Å²) in [7, 11) is 1.67. The first-order valence-electron chi connectivity index (χ1n) is 11.2. The number of rotatable bonds is 8. The van der Waals surface area contributed by atoms with Crippen molar-refractivity contribution in [3.63, 3.8) is 0 Å². The van der Waals surface area contributed by atoms with Gasteiger partial charge in [0.05, 0.1) is 18.8 Å². The fourth-order valence-corrected chi connectivity index (χ4v) is 5.26. The number of thioether (sulfide) groups is 1. The average molecular weight is 485 g/mol. The van der Waals surface area contributed by atoms with Crippen LogP contribution in [0.25, 0.3) is 5.69 Å². The number of methoxy groups -OCH3 is 1. The Bertz CT molecular complexity index is 1130. The average Bonchev–Trinajstić information content (AvgIpc) is 3.50. The molecule has 1 amide bonds. The van der Waals surface area contributed by atoms with Crippen LogP contribution in [-0.4, -0.2) is 27.8 Å². The van der Waals surface area contributed by atoms with E-state index in [2.05, 4.69) is 21.6 Å². The number of carbonyl (C=O) groups is 1. The van der Waals surface area contributed by atoms with Crippen LogP contribution in [0.2, 0.25) is 5.02 Å². The largest absolute Gasteiger partial charge is 0.497 e. The third kappa shape index (κ3) is 5.53. The number of hydrogen-bond acceptors (Lipinski definition) is 5.